The first-order chi connectivity index (χ1) is 22.1. The van der Waals surface area contributed by atoms with E-state index in [9.17, 15) is 23.3 Å². The Labute approximate surface area is 264 Å². The van der Waals surface area contributed by atoms with E-state index in [0.717, 1.165) is 55.3 Å². The number of anilines is 1. The van der Waals surface area contributed by atoms with Gasteiger partial charge in [-0.2, -0.15) is 13.2 Å². The number of hydrogen-bond donors (Lipinski definition) is 0. The second-order valence-corrected chi connectivity index (χ2v) is 11.6. The zero-order chi connectivity index (χ0) is 32.3. The van der Waals surface area contributed by atoms with Crippen LogP contribution in [-0.2, 0) is 25.9 Å². The number of ether oxygens (including phenoxy) is 3. The number of nitro groups is 1. The van der Waals surface area contributed by atoms with E-state index in [1.165, 1.54) is 18.3 Å². The van der Waals surface area contributed by atoms with Gasteiger partial charge < -0.3 is 29.2 Å². The van der Waals surface area contributed by atoms with Crippen molar-refractivity contribution in [3.63, 3.8) is 0 Å². The maximum absolute atomic E-state index is 12.8. The van der Waals surface area contributed by atoms with E-state index in [1.807, 2.05) is 36.4 Å². The molecule has 0 aliphatic carbocycles. The molecule has 1 aromatic heterocycles. The van der Waals surface area contributed by atoms with Crippen LogP contribution in [0.25, 0.3) is 0 Å². The van der Waals surface area contributed by atoms with Gasteiger partial charge in [0.15, 0.2) is 0 Å². The van der Waals surface area contributed by atoms with Gasteiger partial charge in [-0.05, 0) is 71.5 Å². The van der Waals surface area contributed by atoms with Crippen molar-refractivity contribution in [2.24, 2.45) is 0 Å². The maximum Gasteiger partial charge on any atom is 0.416 e. The molecule has 4 aromatic rings. The van der Waals surface area contributed by atoms with Crippen LogP contribution in [0, 0.1) is 10.1 Å². The molecular formula is C33H34F3N5O5. The van der Waals surface area contributed by atoms with Crippen LogP contribution in [0.2, 0.25) is 0 Å². The Kier molecular flexibility index (Phi) is 9.02. The number of alkyl halides is 3. The third-order valence-corrected chi connectivity index (χ3v) is 8.28. The zero-order valence-corrected chi connectivity index (χ0v) is 25.2. The SMILES string of the molecule is CC1CN(c2ccc(OCC3CCn4cc([N+](=O)[O-])nc4O3)cc2)CCN1Cc1ccc(OCc2ccc(C(F)(F)F)cc2)cc1. The predicted octanol–water partition coefficient (Wildman–Crippen LogP) is 6.33. The Morgan fingerprint density at radius 1 is 0.935 bits per heavy atom. The third kappa shape index (κ3) is 7.53. The van der Waals surface area contributed by atoms with Crippen molar-refractivity contribution in [1.29, 1.82) is 0 Å². The quantitative estimate of drug-likeness (QED) is 0.147. The normalized spacial score (nSPS) is 18.5. The molecule has 6 rings (SSSR count). The van der Waals surface area contributed by atoms with Crippen LogP contribution in [0.4, 0.5) is 24.7 Å². The number of halogens is 3. The van der Waals surface area contributed by atoms with Gasteiger partial charge in [-0.3, -0.25) is 9.47 Å². The van der Waals surface area contributed by atoms with Crippen molar-refractivity contribution < 1.29 is 32.3 Å². The molecule has 0 saturated carbocycles. The number of hydrogen-bond acceptors (Lipinski definition) is 8. The van der Waals surface area contributed by atoms with E-state index in [2.05, 4.69) is 33.8 Å². The lowest BCUT2D eigenvalue weighted by Crippen LogP contribution is -2.51. The highest BCUT2D eigenvalue weighted by atomic mass is 19.4. The van der Waals surface area contributed by atoms with Crippen molar-refractivity contribution >= 4 is 11.5 Å². The van der Waals surface area contributed by atoms with E-state index < -0.39 is 16.7 Å². The molecule has 13 heteroatoms. The summed E-state index contributed by atoms with van der Waals surface area (Å²) in [5.41, 5.74) is 2.28. The molecule has 3 aromatic carbocycles. The molecule has 1 fully saturated rings. The molecule has 2 aliphatic heterocycles. The number of nitrogens with zero attached hydrogens (tertiary/aromatic N) is 5. The fraction of sp³-hybridized carbons (Fsp3) is 0.364. The predicted molar refractivity (Wildman–Crippen MR) is 164 cm³/mol. The second kappa shape index (κ2) is 13.3. The molecule has 0 N–H and O–H groups in total. The zero-order valence-electron chi connectivity index (χ0n) is 25.2. The molecule has 0 bridgehead atoms. The summed E-state index contributed by atoms with van der Waals surface area (Å²) in [4.78, 5) is 19.2. The highest BCUT2D eigenvalue weighted by Gasteiger charge is 2.30. The number of piperazine rings is 1. The summed E-state index contributed by atoms with van der Waals surface area (Å²) in [5.74, 6) is 1.17. The van der Waals surface area contributed by atoms with Crippen LogP contribution in [0.15, 0.2) is 79.0 Å². The number of rotatable bonds is 10. The lowest BCUT2D eigenvalue weighted by Gasteiger charge is -2.41. The van der Waals surface area contributed by atoms with E-state index in [1.54, 1.807) is 4.57 Å². The van der Waals surface area contributed by atoms with Crippen LogP contribution >= 0.6 is 0 Å². The number of benzene rings is 3. The highest BCUT2D eigenvalue weighted by molar-refractivity contribution is 5.49. The second-order valence-electron chi connectivity index (χ2n) is 11.6. The molecule has 2 atom stereocenters. The van der Waals surface area contributed by atoms with Gasteiger partial charge in [0.05, 0.1) is 5.56 Å². The summed E-state index contributed by atoms with van der Waals surface area (Å²) < 4.78 is 57.5. The van der Waals surface area contributed by atoms with E-state index in [-0.39, 0.29) is 24.5 Å². The Balaban J connectivity index is 0.938. The van der Waals surface area contributed by atoms with Crippen LogP contribution < -0.4 is 19.1 Å². The molecule has 242 valence electrons. The average molecular weight is 638 g/mol. The van der Waals surface area contributed by atoms with Gasteiger partial charge in [-0.1, -0.05) is 24.3 Å². The van der Waals surface area contributed by atoms with Crippen molar-refractivity contribution in [3.8, 4) is 17.5 Å². The van der Waals surface area contributed by atoms with Crippen LogP contribution in [0.1, 0.15) is 30.0 Å². The number of fused-ring (bicyclic) bond motifs is 1. The van der Waals surface area contributed by atoms with Gasteiger partial charge in [0.1, 0.15) is 37.0 Å². The summed E-state index contributed by atoms with van der Waals surface area (Å²) in [6.45, 7) is 6.78. The van der Waals surface area contributed by atoms with Crippen molar-refractivity contribution in [1.82, 2.24) is 14.5 Å². The molecule has 0 amide bonds. The molecular weight excluding hydrogens is 603 g/mol. The molecule has 0 radical (unpaired) electrons. The third-order valence-electron chi connectivity index (χ3n) is 8.28. The van der Waals surface area contributed by atoms with Gasteiger partial charge in [0.2, 0.25) is 0 Å². The van der Waals surface area contributed by atoms with Crippen LogP contribution in [-0.4, -0.2) is 57.8 Å². The van der Waals surface area contributed by atoms with Crippen molar-refractivity contribution in [2.45, 2.75) is 51.4 Å². The smallest absolute Gasteiger partial charge is 0.416 e. The van der Waals surface area contributed by atoms with E-state index in [0.29, 0.717) is 36.9 Å². The van der Waals surface area contributed by atoms with Gasteiger partial charge in [-0.25, -0.2) is 0 Å². The van der Waals surface area contributed by atoms with Crippen LogP contribution in [0.5, 0.6) is 17.5 Å². The fourth-order valence-electron chi connectivity index (χ4n) is 5.63. The topological polar surface area (TPSA) is 95.1 Å². The highest BCUT2D eigenvalue weighted by Crippen LogP contribution is 2.30. The summed E-state index contributed by atoms with van der Waals surface area (Å²) in [5, 5.41) is 11.0. The minimum atomic E-state index is -4.35. The minimum Gasteiger partial charge on any atom is -0.490 e. The molecule has 0 spiro atoms. The monoisotopic (exact) mass is 637 g/mol. The molecule has 46 heavy (non-hydrogen) atoms. The summed E-state index contributed by atoms with van der Waals surface area (Å²) in [7, 11) is 0. The first-order valence-corrected chi connectivity index (χ1v) is 15.1. The van der Waals surface area contributed by atoms with E-state index >= 15 is 0 Å². The summed E-state index contributed by atoms with van der Waals surface area (Å²) >= 11 is 0. The first-order valence-electron chi connectivity index (χ1n) is 15.1. The van der Waals surface area contributed by atoms with Gasteiger partial charge >= 0.3 is 18.0 Å². The molecule has 2 unspecified atom stereocenters. The largest absolute Gasteiger partial charge is 0.490 e. The number of aryl methyl sites for hydroxylation is 1. The summed E-state index contributed by atoms with van der Waals surface area (Å²) in [6, 6.07) is 21.4. The first kappa shape index (κ1) is 31.2. The molecule has 10 nitrogen and oxygen atoms in total. The molecule has 1 saturated heterocycles. The molecule has 2 aliphatic rings. The number of aromatic nitrogens is 2. The fourth-order valence-corrected chi connectivity index (χ4v) is 5.63. The number of imidazole rings is 1. The van der Waals surface area contributed by atoms with Gasteiger partial charge in [-0.15, -0.1) is 0 Å². The molecule has 3 heterocycles. The Morgan fingerprint density at radius 3 is 2.28 bits per heavy atom. The van der Waals surface area contributed by atoms with Gasteiger partial charge in [0, 0.05) is 55.9 Å². The van der Waals surface area contributed by atoms with E-state index in [4.69, 9.17) is 14.2 Å². The van der Waals surface area contributed by atoms with Crippen molar-refractivity contribution in [2.75, 3.05) is 31.1 Å². The standard InChI is InChI=1S/C33H34F3N5O5/c1-23-18-39(27-8-12-29(13-9-27)45-22-30-14-15-40-20-31(41(42)43)37-32(40)46-30)17-16-38(23)19-24-4-10-28(11-5-24)44-21-25-2-6-26(7-3-25)33(34,35)36/h2-13,20,23,30H,14-19,21-22H2,1H3. The maximum atomic E-state index is 12.8. The lowest BCUT2D eigenvalue weighted by molar-refractivity contribution is -0.389. The Hall–Kier alpha value is -4.78. The minimum absolute atomic E-state index is 0.194. The van der Waals surface area contributed by atoms with Gasteiger partial charge in [0.25, 0.3) is 0 Å². The summed E-state index contributed by atoms with van der Waals surface area (Å²) in [6.07, 6.45) is -2.53. The lowest BCUT2D eigenvalue weighted by atomic mass is 10.1. The van der Waals surface area contributed by atoms with Crippen molar-refractivity contribution in [3.05, 3.63) is 106 Å². The van der Waals surface area contributed by atoms with Crippen LogP contribution in [0.3, 0.4) is 0 Å². The Bertz CT molecular complexity index is 1630. The Morgan fingerprint density at radius 2 is 1.61 bits per heavy atom. The average Bonchev–Trinajstić information content (AvgIpc) is 3.49.